The fraction of sp³-hybridized carbons (Fsp3) is 0.167. The van der Waals surface area contributed by atoms with Gasteiger partial charge in [-0.15, -0.1) is 5.10 Å². The summed E-state index contributed by atoms with van der Waals surface area (Å²) in [6, 6.07) is 11.5. The van der Waals surface area contributed by atoms with Gasteiger partial charge in [-0.1, -0.05) is 41.4 Å². The van der Waals surface area contributed by atoms with Gasteiger partial charge in [-0.2, -0.15) is 23.3 Å². The maximum Gasteiger partial charge on any atom is 0.417 e. The summed E-state index contributed by atoms with van der Waals surface area (Å²) in [5.41, 5.74) is 1.45. The van der Waals surface area contributed by atoms with Crippen LogP contribution in [0.15, 0.2) is 48.7 Å². The second-order valence-corrected chi connectivity index (χ2v) is 6.23. The fourth-order valence-electron chi connectivity index (χ4n) is 2.41. The molecule has 5 nitrogen and oxygen atoms in total. The first-order valence-electron chi connectivity index (χ1n) is 7.94. The highest BCUT2D eigenvalue weighted by Gasteiger charge is 2.33. The van der Waals surface area contributed by atoms with Crippen molar-refractivity contribution < 1.29 is 13.2 Å². The lowest BCUT2D eigenvalue weighted by molar-refractivity contribution is -0.137. The third kappa shape index (κ3) is 5.07. The van der Waals surface area contributed by atoms with Crippen LogP contribution in [0.1, 0.15) is 16.7 Å². The average molecular weight is 394 g/mol. The van der Waals surface area contributed by atoms with Crippen molar-refractivity contribution in [3.63, 3.8) is 0 Å². The van der Waals surface area contributed by atoms with Gasteiger partial charge in [0.1, 0.15) is 0 Å². The van der Waals surface area contributed by atoms with Crippen LogP contribution >= 0.6 is 11.6 Å². The monoisotopic (exact) mass is 393 g/mol. The summed E-state index contributed by atoms with van der Waals surface area (Å²) in [5.74, 6) is 0.513. The molecule has 3 rings (SSSR count). The lowest BCUT2D eigenvalue weighted by Gasteiger charge is -2.12. The number of anilines is 3. The van der Waals surface area contributed by atoms with Crippen LogP contribution in [0.3, 0.4) is 0 Å². The van der Waals surface area contributed by atoms with Crippen LogP contribution in [-0.4, -0.2) is 15.2 Å². The van der Waals surface area contributed by atoms with Gasteiger partial charge in [0.25, 0.3) is 0 Å². The van der Waals surface area contributed by atoms with Crippen molar-refractivity contribution in [2.45, 2.75) is 19.6 Å². The van der Waals surface area contributed by atoms with Crippen LogP contribution in [-0.2, 0) is 12.7 Å². The smallest absolute Gasteiger partial charge is 0.349 e. The molecule has 0 atom stereocenters. The lowest BCUT2D eigenvalue weighted by atomic mass is 10.1. The Morgan fingerprint density at radius 1 is 1.11 bits per heavy atom. The maximum atomic E-state index is 13.0. The predicted octanol–water partition coefficient (Wildman–Crippen LogP) is 5.21. The minimum absolute atomic E-state index is 0.192. The number of rotatable bonds is 5. The molecule has 0 radical (unpaired) electrons. The van der Waals surface area contributed by atoms with Crippen molar-refractivity contribution >= 4 is 29.1 Å². The largest absolute Gasteiger partial charge is 0.417 e. The Balaban J connectivity index is 1.72. The SMILES string of the molecule is Cc1cccc(CNc2nncc(Nc3ccc(Cl)c(C(F)(F)F)c3)n2)c1. The quantitative estimate of drug-likeness (QED) is 0.623. The molecule has 0 aliphatic carbocycles. The number of halogens is 4. The Labute approximate surface area is 158 Å². The van der Waals surface area contributed by atoms with E-state index in [0.29, 0.717) is 6.54 Å². The molecule has 0 saturated carbocycles. The average Bonchev–Trinajstić information content (AvgIpc) is 2.61. The molecule has 27 heavy (non-hydrogen) atoms. The third-order valence-electron chi connectivity index (χ3n) is 3.64. The Kier molecular flexibility index (Phi) is 5.46. The molecule has 0 aliphatic rings. The van der Waals surface area contributed by atoms with Crippen LogP contribution in [0, 0.1) is 6.92 Å². The molecule has 0 saturated heterocycles. The summed E-state index contributed by atoms with van der Waals surface area (Å²) in [5, 5.41) is 13.1. The predicted molar refractivity (Wildman–Crippen MR) is 98.1 cm³/mol. The molecule has 1 heterocycles. The molecule has 140 valence electrons. The number of nitrogens with zero attached hydrogens (tertiary/aromatic N) is 3. The highest BCUT2D eigenvalue weighted by Crippen LogP contribution is 2.36. The lowest BCUT2D eigenvalue weighted by Crippen LogP contribution is -2.08. The number of benzene rings is 2. The topological polar surface area (TPSA) is 62.7 Å². The zero-order chi connectivity index (χ0) is 19.4. The Morgan fingerprint density at radius 2 is 1.93 bits per heavy atom. The van der Waals surface area contributed by atoms with Gasteiger partial charge in [0.05, 0.1) is 16.8 Å². The van der Waals surface area contributed by atoms with E-state index in [1.165, 1.54) is 18.3 Å². The number of aromatic nitrogens is 3. The van der Waals surface area contributed by atoms with E-state index >= 15 is 0 Å². The summed E-state index contributed by atoms with van der Waals surface area (Å²) < 4.78 is 38.9. The van der Waals surface area contributed by atoms with Crippen molar-refractivity contribution in [2.75, 3.05) is 10.6 Å². The Morgan fingerprint density at radius 3 is 2.67 bits per heavy atom. The summed E-state index contributed by atoms with van der Waals surface area (Å²) >= 11 is 5.62. The zero-order valence-electron chi connectivity index (χ0n) is 14.2. The van der Waals surface area contributed by atoms with E-state index in [2.05, 4.69) is 25.8 Å². The highest BCUT2D eigenvalue weighted by atomic mass is 35.5. The first kappa shape index (κ1) is 18.9. The van der Waals surface area contributed by atoms with E-state index in [1.54, 1.807) is 0 Å². The summed E-state index contributed by atoms with van der Waals surface area (Å²) in [6.07, 6.45) is -3.22. The first-order chi connectivity index (χ1) is 12.8. The number of hydrogen-bond acceptors (Lipinski definition) is 5. The second kappa shape index (κ2) is 7.79. The summed E-state index contributed by atoms with van der Waals surface area (Å²) in [4.78, 5) is 4.21. The normalized spacial score (nSPS) is 11.3. The molecule has 0 unspecified atom stereocenters. The summed E-state index contributed by atoms with van der Waals surface area (Å²) in [7, 11) is 0. The van der Waals surface area contributed by atoms with E-state index in [9.17, 15) is 13.2 Å². The van der Waals surface area contributed by atoms with Crippen LogP contribution in [0.5, 0.6) is 0 Å². The molecule has 2 aromatic carbocycles. The van der Waals surface area contributed by atoms with E-state index in [4.69, 9.17) is 11.6 Å². The minimum atomic E-state index is -4.54. The van der Waals surface area contributed by atoms with E-state index in [1.807, 2.05) is 31.2 Å². The van der Waals surface area contributed by atoms with Gasteiger partial charge in [-0.3, -0.25) is 0 Å². The summed E-state index contributed by atoms with van der Waals surface area (Å²) in [6.45, 7) is 2.49. The van der Waals surface area contributed by atoms with Gasteiger partial charge < -0.3 is 10.6 Å². The van der Waals surface area contributed by atoms with Crippen molar-refractivity contribution in [1.82, 2.24) is 15.2 Å². The van der Waals surface area contributed by atoms with Crippen molar-refractivity contribution in [3.8, 4) is 0 Å². The van der Waals surface area contributed by atoms with Gasteiger partial charge in [0, 0.05) is 12.2 Å². The van der Waals surface area contributed by atoms with Gasteiger partial charge in [0.15, 0.2) is 5.82 Å². The number of hydrogen-bond donors (Lipinski definition) is 2. The van der Waals surface area contributed by atoms with Gasteiger partial charge in [-0.25, -0.2) is 0 Å². The highest BCUT2D eigenvalue weighted by molar-refractivity contribution is 6.31. The van der Waals surface area contributed by atoms with Crippen LogP contribution in [0.25, 0.3) is 0 Å². The number of aryl methyl sites for hydroxylation is 1. The third-order valence-corrected chi connectivity index (χ3v) is 3.97. The van der Waals surface area contributed by atoms with Crippen molar-refractivity contribution in [1.29, 1.82) is 0 Å². The van der Waals surface area contributed by atoms with Crippen LogP contribution in [0.2, 0.25) is 5.02 Å². The maximum absolute atomic E-state index is 13.0. The molecular weight excluding hydrogens is 379 g/mol. The molecule has 0 bridgehead atoms. The Hall–Kier alpha value is -2.87. The minimum Gasteiger partial charge on any atom is -0.349 e. The van der Waals surface area contributed by atoms with Crippen LogP contribution < -0.4 is 10.6 Å². The number of nitrogens with one attached hydrogen (secondary N) is 2. The molecule has 0 aliphatic heterocycles. The molecule has 0 amide bonds. The molecule has 9 heteroatoms. The standard InChI is InChI=1S/C18H15ClF3N5/c1-11-3-2-4-12(7-11)9-23-17-26-16(10-24-27-17)25-13-5-6-15(19)14(8-13)18(20,21)22/h2-8,10H,9H2,1H3,(H2,23,25,26,27). The molecule has 0 spiro atoms. The molecule has 2 N–H and O–H groups in total. The Bertz CT molecular complexity index is 946. The molecule has 3 aromatic rings. The van der Waals surface area contributed by atoms with E-state index in [0.717, 1.165) is 17.2 Å². The van der Waals surface area contributed by atoms with Crippen LogP contribution in [0.4, 0.5) is 30.6 Å². The van der Waals surface area contributed by atoms with Gasteiger partial charge >= 0.3 is 6.18 Å². The van der Waals surface area contributed by atoms with E-state index < -0.39 is 11.7 Å². The molecule has 0 fully saturated rings. The molecule has 1 aromatic heterocycles. The van der Waals surface area contributed by atoms with Crippen molar-refractivity contribution in [3.05, 3.63) is 70.4 Å². The fourth-order valence-corrected chi connectivity index (χ4v) is 2.63. The first-order valence-corrected chi connectivity index (χ1v) is 8.32. The van der Waals surface area contributed by atoms with E-state index in [-0.39, 0.29) is 22.5 Å². The molecular formula is C18H15ClF3N5. The number of alkyl halides is 3. The van der Waals surface area contributed by atoms with Gasteiger partial charge in [-0.05, 0) is 30.7 Å². The second-order valence-electron chi connectivity index (χ2n) is 5.83. The van der Waals surface area contributed by atoms with Gasteiger partial charge in [0.2, 0.25) is 5.95 Å². The zero-order valence-corrected chi connectivity index (χ0v) is 14.9. The van der Waals surface area contributed by atoms with Crippen molar-refractivity contribution in [2.24, 2.45) is 0 Å².